The zero-order valence-electron chi connectivity index (χ0n) is 6.87. The van der Waals surface area contributed by atoms with Gasteiger partial charge in [0, 0.05) is 3.57 Å². The second-order valence-electron chi connectivity index (χ2n) is 2.58. The second kappa shape index (κ2) is 3.67. The summed E-state index contributed by atoms with van der Waals surface area (Å²) >= 11 is 8.37. The number of hydrogen-bond donors (Lipinski definition) is 1. The Morgan fingerprint density at radius 1 is 1.54 bits per heavy atom. The molecule has 0 amide bonds. The third-order valence-corrected chi connectivity index (χ3v) is 4.48. The first-order valence-electron chi connectivity index (χ1n) is 3.66. The standard InChI is InChI=1S/C9H7IOS2/c1-11-7-8(12)6(10)4-5-2-3-13-9(5)7/h2-4,12H,1H3. The van der Waals surface area contributed by atoms with Crippen LogP contribution < -0.4 is 4.74 Å². The highest BCUT2D eigenvalue weighted by Gasteiger charge is 2.10. The Morgan fingerprint density at radius 3 is 3.00 bits per heavy atom. The molecule has 13 heavy (non-hydrogen) atoms. The lowest BCUT2D eigenvalue weighted by molar-refractivity contribution is 0.410. The Bertz CT molecular complexity index is 450. The van der Waals surface area contributed by atoms with Gasteiger partial charge in [-0.15, -0.1) is 24.0 Å². The van der Waals surface area contributed by atoms with Crippen LogP contribution in [-0.2, 0) is 0 Å². The van der Waals surface area contributed by atoms with Crippen LogP contribution in [0.2, 0.25) is 0 Å². The summed E-state index contributed by atoms with van der Waals surface area (Å²) in [6.45, 7) is 0. The van der Waals surface area contributed by atoms with Gasteiger partial charge in [-0.2, -0.15) is 0 Å². The van der Waals surface area contributed by atoms with E-state index in [0.717, 1.165) is 14.2 Å². The fourth-order valence-electron chi connectivity index (χ4n) is 1.23. The first-order chi connectivity index (χ1) is 6.24. The molecule has 0 bridgehead atoms. The van der Waals surface area contributed by atoms with E-state index in [9.17, 15) is 0 Å². The molecule has 0 radical (unpaired) electrons. The molecule has 1 aromatic carbocycles. The second-order valence-corrected chi connectivity index (χ2v) is 5.10. The highest BCUT2D eigenvalue weighted by Crippen LogP contribution is 2.38. The van der Waals surface area contributed by atoms with Crippen molar-refractivity contribution in [1.82, 2.24) is 0 Å². The summed E-state index contributed by atoms with van der Waals surface area (Å²) in [6, 6.07) is 4.22. The van der Waals surface area contributed by atoms with Gasteiger partial charge in [-0.1, -0.05) is 0 Å². The van der Waals surface area contributed by atoms with Crippen molar-refractivity contribution in [2.24, 2.45) is 0 Å². The molecule has 0 saturated heterocycles. The predicted octanol–water partition coefficient (Wildman–Crippen LogP) is 3.80. The van der Waals surface area contributed by atoms with Crippen LogP contribution in [0, 0.1) is 3.57 Å². The first kappa shape index (κ1) is 9.61. The van der Waals surface area contributed by atoms with Crippen LogP contribution in [0.1, 0.15) is 0 Å². The quantitative estimate of drug-likeness (QED) is 0.621. The summed E-state index contributed by atoms with van der Waals surface area (Å²) in [4.78, 5) is 0.929. The van der Waals surface area contributed by atoms with Gasteiger partial charge >= 0.3 is 0 Å². The number of thiophene rings is 1. The van der Waals surface area contributed by atoms with Gasteiger partial charge in [-0.25, -0.2) is 0 Å². The zero-order chi connectivity index (χ0) is 9.42. The SMILES string of the molecule is COc1c(S)c(I)cc2ccsc12. The number of ether oxygens (including phenoxy) is 1. The number of benzene rings is 1. The maximum Gasteiger partial charge on any atom is 0.151 e. The van der Waals surface area contributed by atoms with E-state index in [1.54, 1.807) is 18.4 Å². The number of halogens is 1. The summed E-state index contributed by atoms with van der Waals surface area (Å²) in [5, 5.41) is 3.29. The minimum absolute atomic E-state index is 0.889. The van der Waals surface area contributed by atoms with Crippen LogP contribution in [0.4, 0.5) is 0 Å². The smallest absolute Gasteiger partial charge is 0.151 e. The third kappa shape index (κ3) is 1.55. The van der Waals surface area contributed by atoms with Crippen LogP contribution >= 0.6 is 46.6 Å². The Morgan fingerprint density at radius 2 is 2.31 bits per heavy atom. The van der Waals surface area contributed by atoms with Crippen LogP contribution in [0.5, 0.6) is 5.75 Å². The molecular formula is C9H7IOS2. The number of hydrogen-bond acceptors (Lipinski definition) is 3. The van der Waals surface area contributed by atoms with E-state index >= 15 is 0 Å². The van der Waals surface area contributed by atoms with Gasteiger partial charge < -0.3 is 4.74 Å². The molecule has 2 aromatic rings. The molecule has 0 fully saturated rings. The predicted molar refractivity (Wildman–Crippen MR) is 68.3 cm³/mol. The molecule has 1 heterocycles. The highest BCUT2D eigenvalue weighted by atomic mass is 127. The molecule has 4 heteroatoms. The van der Waals surface area contributed by atoms with Crippen LogP contribution in [0.25, 0.3) is 10.1 Å². The van der Waals surface area contributed by atoms with E-state index in [1.807, 2.05) is 0 Å². The van der Waals surface area contributed by atoms with E-state index in [0.29, 0.717) is 0 Å². The van der Waals surface area contributed by atoms with Gasteiger partial charge in [0.15, 0.2) is 5.75 Å². The van der Waals surface area contributed by atoms with Gasteiger partial charge in [0.1, 0.15) is 0 Å². The van der Waals surface area contributed by atoms with Crippen molar-refractivity contribution in [3.8, 4) is 5.75 Å². The lowest BCUT2D eigenvalue weighted by atomic mass is 10.2. The van der Waals surface area contributed by atoms with Gasteiger partial charge in [0.25, 0.3) is 0 Å². The molecule has 1 aromatic heterocycles. The molecule has 68 valence electrons. The summed E-state index contributed by atoms with van der Waals surface area (Å²) in [5.41, 5.74) is 0. The van der Waals surface area contributed by atoms with Crippen molar-refractivity contribution in [1.29, 1.82) is 0 Å². The lowest BCUT2D eigenvalue weighted by Gasteiger charge is -2.06. The Hall–Kier alpha value is 0.0600. The normalized spacial score (nSPS) is 10.7. The Balaban J connectivity index is 2.87. The van der Waals surface area contributed by atoms with Gasteiger partial charge in [0.2, 0.25) is 0 Å². The minimum atomic E-state index is 0.889. The molecule has 0 unspecified atom stereocenters. The Kier molecular flexibility index (Phi) is 2.71. The Labute approximate surface area is 99.6 Å². The molecule has 0 N–H and O–H groups in total. The monoisotopic (exact) mass is 322 g/mol. The lowest BCUT2D eigenvalue weighted by Crippen LogP contribution is -1.87. The number of fused-ring (bicyclic) bond motifs is 1. The van der Waals surface area contributed by atoms with E-state index in [1.165, 1.54) is 10.1 Å². The fourth-order valence-corrected chi connectivity index (χ4v) is 3.06. The van der Waals surface area contributed by atoms with Crippen LogP contribution in [-0.4, -0.2) is 7.11 Å². The van der Waals surface area contributed by atoms with Crippen LogP contribution in [0.3, 0.4) is 0 Å². The first-order valence-corrected chi connectivity index (χ1v) is 6.07. The molecule has 0 aliphatic heterocycles. The van der Waals surface area contributed by atoms with E-state index in [4.69, 9.17) is 4.74 Å². The molecule has 2 rings (SSSR count). The van der Waals surface area contributed by atoms with Gasteiger partial charge in [-0.05, 0) is 45.5 Å². The van der Waals surface area contributed by atoms with Crippen molar-refractivity contribution in [3.05, 3.63) is 21.1 Å². The summed E-state index contributed by atoms with van der Waals surface area (Å²) < 4.78 is 7.63. The number of rotatable bonds is 1. The average molecular weight is 322 g/mol. The van der Waals surface area contributed by atoms with Gasteiger partial charge in [0.05, 0.1) is 16.7 Å². The highest BCUT2D eigenvalue weighted by molar-refractivity contribution is 14.1. The number of methoxy groups -OCH3 is 1. The van der Waals surface area contributed by atoms with E-state index < -0.39 is 0 Å². The summed E-state index contributed by atoms with van der Waals surface area (Å²) in [7, 11) is 1.68. The molecule has 0 atom stereocenters. The fraction of sp³-hybridized carbons (Fsp3) is 0.111. The minimum Gasteiger partial charge on any atom is -0.494 e. The van der Waals surface area contributed by atoms with Crippen molar-refractivity contribution in [2.75, 3.05) is 7.11 Å². The van der Waals surface area contributed by atoms with Crippen molar-refractivity contribution in [2.45, 2.75) is 4.90 Å². The van der Waals surface area contributed by atoms with E-state index in [2.05, 4.69) is 52.7 Å². The van der Waals surface area contributed by atoms with Crippen molar-refractivity contribution in [3.63, 3.8) is 0 Å². The topological polar surface area (TPSA) is 9.23 Å². The van der Waals surface area contributed by atoms with E-state index in [-0.39, 0.29) is 0 Å². The van der Waals surface area contributed by atoms with Gasteiger partial charge in [-0.3, -0.25) is 0 Å². The van der Waals surface area contributed by atoms with Crippen molar-refractivity contribution >= 4 is 56.6 Å². The maximum atomic E-state index is 5.33. The molecule has 0 aliphatic rings. The molecule has 0 aliphatic carbocycles. The molecule has 0 saturated carbocycles. The van der Waals surface area contributed by atoms with Crippen molar-refractivity contribution < 1.29 is 4.74 Å². The maximum absolute atomic E-state index is 5.33. The molecular weight excluding hydrogens is 315 g/mol. The number of thiol groups is 1. The van der Waals surface area contributed by atoms with Crippen LogP contribution in [0.15, 0.2) is 22.4 Å². The molecule has 1 nitrogen and oxygen atoms in total. The molecule has 0 spiro atoms. The zero-order valence-corrected chi connectivity index (χ0v) is 10.7. The average Bonchev–Trinajstić information content (AvgIpc) is 2.54. The third-order valence-electron chi connectivity index (χ3n) is 1.83. The summed E-state index contributed by atoms with van der Waals surface area (Å²) in [5.74, 6) is 0.889. The summed E-state index contributed by atoms with van der Waals surface area (Å²) in [6.07, 6.45) is 0. The largest absolute Gasteiger partial charge is 0.494 e.